The lowest BCUT2D eigenvalue weighted by atomic mass is 10.1. The van der Waals surface area contributed by atoms with Crippen LogP contribution in [0.5, 0.6) is 0 Å². The Morgan fingerprint density at radius 2 is 1.84 bits per heavy atom. The van der Waals surface area contributed by atoms with Gasteiger partial charge < -0.3 is 10.2 Å². The monoisotopic (exact) mass is 273 g/mol. The van der Waals surface area contributed by atoms with Crippen molar-refractivity contribution in [1.82, 2.24) is 0 Å². The molecule has 1 saturated heterocycles. The number of hydrogen-bond donors (Lipinski definition) is 1. The molecule has 0 atom stereocenters. The molecule has 1 aliphatic rings. The molecule has 1 aliphatic heterocycles. The Balaban J connectivity index is 1.77. The van der Waals surface area contributed by atoms with Crippen molar-refractivity contribution >= 4 is 22.8 Å². The molecule has 4 heteroatoms. The predicted octanol–water partition coefficient (Wildman–Crippen LogP) is 1.36. The van der Waals surface area contributed by atoms with Gasteiger partial charge in [-0.3, -0.25) is 4.79 Å². The van der Waals surface area contributed by atoms with E-state index in [1.807, 2.05) is 29.6 Å². The predicted molar refractivity (Wildman–Crippen MR) is 78.1 cm³/mol. The van der Waals surface area contributed by atoms with Crippen LogP contribution >= 0.6 is 11.3 Å². The molecule has 1 aromatic carbocycles. The SMILES string of the molecule is O=C(c1ccc(N2CC[NH2+]CC2)cc1)c1cccs1. The summed E-state index contributed by atoms with van der Waals surface area (Å²) in [5.41, 5.74) is 1.99. The highest BCUT2D eigenvalue weighted by Crippen LogP contribution is 2.19. The Kier molecular flexibility index (Phi) is 3.62. The second kappa shape index (κ2) is 5.55. The fourth-order valence-electron chi connectivity index (χ4n) is 2.38. The summed E-state index contributed by atoms with van der Waals surface area (Å²) in [7, 11) is 0. The summed E-state index contributed by atoms with van der Waals surface area (Å²) in [6.45, 7) is 4.46. The van der Waals surface area contributed by atoms with E-state index in [9.17, 15) is 4.79 Å². The van der Waals surface area contributed by atoms with Crippen LogP contribution < -0.4 is 10.2 Å². The highest BCUT2D eigenvalue weighted by Gasteiger charge is 2.14. The lowest BCUT2D eigenvalue weighted by Crippen LogP contribution is -2.89. The molecule has 1 fully saturated rings. The molecule has 0 unspecified atom stereocenters. The molecule has 98 valence electrons. The number of hydrogen-bond acceptors (Lipinski definition) is 3. The Bertz CT molecular complexity index is 542. The van der Waals surface area contributed by atoms with Crippen LogP contribution in [0.3, 0.4) is 0 Å². The van der Waals surface area contributed by atoms with Crippen LogP contribution in [0.2, 0.25) is 0 Å². The number of carbonyl (C=O) groups excluding carboxylic acids is 1. The van der Waals surface area contributed by atoms with E-state index in [2.05, 4.69) is 22.3 Å². The van der Waals surface area contributed by atoms with Crippen LogP contribution in [-0.2, 0) is 0 Å². The van der Waals surface area contributed by atoms with E-state index in [-0.39, 0.29) is 5.78 Å². The fraction of sp³-hybridized carbons (Fsp3) is 0.267. The quantitative estimate of drug-likeness (QED) is 0.857. The van der Waals surface area contributed by atoms with Crippen molar-refractivity contribution in [2.75, 3.05) is 31.1 Å². The van der Waals surface area contributed by atoms with Crippen molar-refractivity contribution in [3.8, 4) is 0 Å². The number of ketones is 1. The second-order valence-corrected chi connectivity index (χ2v) is 5.65. The maximum absolute atomic E-state index is 12.2. The molecule has 19 heavy (non-hydrogen) atoms. The number of quaternary nitrogens is 1. The average Bonchev–Trinajstić information content (AvgIpc) is 3.02. The van der Waals surface area contributed by atoms with Gasteiger partial charge in [0.25, 0.3) is 0 Å². The van der Waals surface area contributed by atoms with Crippen molar-refractivity contribution in [2.24, 2.45) is 0 Å². The largest absolute Gasteiger partial charge is 0.360 e. The molecule has 2 N–H and O–H groups in total. The first-order valence-electron chi connectivity index (χ1n) is 6.59. The van der Waals surface area contributed by atoms with Crippen LogP contribution in [0.4, 0.5) is 5.69 Å². The standard InChI is InChI=1S/C15H16N2OS/c18-15(14-2-1-11-19-14)12-3-5-13(6-4-12)17-9-7-16-8-10-17/h1-6,11,16H,7-10H2/p+1. The minimum Gasteiger partial charge on any atom is -0.360 e. The van der Waals surface area contributed by atoms with Crippen molar-refractivity contribution < 1.29 is 10.1 Å². The molecule has 3 rings (SSSR count). The summed E-state index contributed by atoms with van der Waals surface area (Å²) in [4.78, 5) is 15.4. The fourth-order valence-corrected chi connectivity index (χ4v) is 3.07. The molecular formula is C15H17N2OS+. The third-order valence-corrected chi connectivity index (χ3v) is 4.31. The number of benzene rings is 1. The zero-order chi connectivity index (χ0) is 13.1. The van der Waals surface area contributed by atoms with E-state index in [4.69, 9.17) is 0 Å². The lowest BCUT2D eigenvalue weighted by molar-refractivity contribution is -0.655. The molecule has 0 bridgehead atoms. The van der Waals surface area contributed by atoms with Gasteiger partial charge in [-0.05, 0) is 35.7 Å². The number of carbonyl (C=O) groups is 1. The van der Waals surface area contributed by atoms with E-state index >= 15 is 0 Å². The van der Waals surface area contributed by atoms with Gasteiger partial charge in [0.15, 0.2) is 0 Å². The number of piperazine rings is 1. The van der Waals surface area contributed by atoms with Gasteiger partial charge in [0.1, 0.15) is 0 Å². The Labute approximate surface area is 116 Å². The molecule has 0 saturated carbocycles. The number of thiophene rings is 1. The Hall–Kier alpha value is -1.65. The minimum absolute atomic E-state index is 0.119. The third-order valence-electron chi connectivity index (χ3n) is 3.45. The zero-order valence-electron chi connectivity index (χ0n) is 10.7. The molecule has 0 spiro atoms. The summed E-state index contributed by atoms with van der Waals surface area (Å²) in [6, 6.07) is 11.8. The lowest BCUT2D eigenvalue weighted by Gasteiger charge is -2.27. The molecule has 2 heterocycles. The summed E-state index contributed by atoms with van der Waals surface area (Å²) in [5, 5.41) is 4.27. The van der Waals surface area contributed by atoms with Crippen LogP contribution in [0.15, 0.2) is 41.8 Å². The van der Waals surface area contributed by atoms with Gasteiger partial charge in [0.2, 0.25) is 5.78 Å². The first kappa shape index (κ1) is 12.4. The molecule has 0 amide bonds. The smallest absolute Gasteiger partial charge is 0.202 e. The summed E-state index contributed by atoms with van der Waals surface area (Å²) < 4.78 is 0. The van der Waals surface area contributed by atoms with Gasteiger partial charge in [-0.15, -0.1) is 11.3 Å². The van der Waals surface area contributed by atoms with Crippen LogP contribution in [0.1, 0.15) is 15.2 Å². The van der Waals surface area contributed by atoms with Gasteiger partial charge in [-0.1, -0.05) is 6.07 Å². The summed E-state index contributed by atoms with van der Waals surface area (Å²) in [5.74, 6) is 0.119. The van der Waals surface area contributed by atoms with E-state index in [1.54, 1.807) is 0 Å². The Morgan fingerprint density at radius 3 is 2.47 bits per heavy atom. The first-order chi connectivity index (χ1) is 9.34. The summed E-state index contributed by atoms with van der Waals surface area (Å²) in [6.07, 6.45) is 0. The van der Waals surface area contributed by atoms with E-state index in [0.717, 1.165) is 36.6 Å². The normalized spacial score (nSPS) is 15.5. The van der Waals surface area contributed by atoms with Crippen LogP contribution in [0.25, 0.3) is 0 Å². The van der Waals surface area contributed by atoms with Gasteiger partial charge in [0.05, 0.1) is 31.1 Å². The molecule has 3 nitrogen and oxygen atoms in total. The van der Waals surface area contributed by atoms with Crippen molar-refractivity contribution in [1.29, 1.82) is 0 Å². The molecule has 0 radical (unpaired) electrons. The van der Waals surface area contributed by atoms with Gasteiger partial charge in [-0.25, -0.2) is 0 Å². The second-order valence-electron chi connectivity index (χ2n) is 4.71. The number of nitrogens with zero attached hydrogens (tertiary/aromatic N) is 1. The molecule has 2 aromatic rings. The third kappa shape index (κ3) is 2.69. The van der Waals surface area contributed by atoms with Gasteiger partial charge in [-0.2, -0.15) is 0 Å². The highest BCUT2D eigenvalue weighted by atomic mass is 32.1. The Morgan fingerprint density at radius 1 is 1.11 bits per heavy atom. The maximum Gasteiger partial charge on any atom is 0.202 e. The van der Waals surface area contributed by atoms with E-state index in [1.165, 1.54) is 17.0 Å². The molecule has 1 aromatic heterocycles. The van der Waals surface area contributed by atoms with Crippen LogP contribution in [-0.4, -0.2) is 32.0 Å². The maximum atomic E-state index is 12.2. The number of rotatable bonds is 3. The minimum atomic E-state index is 0.119. The average molecular weight is 273 g/mol. The van der Waals surface area contributed by atoms with E-state index < -0.39 is 0 Å². The zero-order valence-corrected chi connectivity index (χ0v) is 11.5. The first-order valence-corrected chi connectivity index (χ1v) is 7.47. The summed E-state index contributed by atoms with van der Waals surface area (Å²) >= 11 is 1.49. The van der Waals surface area contributed by atoms with Crippen molar-refractivity contribution in [3.05, 3.63) is 52.2 Å². The van der Waals surface area contributed by atoms with Gasteiger partial charge in [0, 0.05) is 11.3 Å². The topological polar surface area (TPSA) is 36.9 Å². The number of anilines is 1. The highest BCUT2D eigenvalue weighted by molar-refractivity contribution is 7.12. The van der Waals surface area contributed by atoms with Gasteiger partial charge >= 0.3 is 0 Å². The van der Waals surface area contributed by atoms with Crippen molar-refractivity contribution in [3.63, 3.8) is 0 Å². The van der Waals surface area contributed by atoms with Crippen LogP contribution in [0, 0.1) is 0 Å². The molecule has 0 aliphatic carbocycles. The number of nitrogens with two attached hydrogens (primary N) is 1. The molecular weight excluding hydrogens is 256 g/mol. The van der Waals surface area contributed by atoms with Crippen molar-refractivity contribution in [2.45, 2.75) is 0 Å². The van der Waals surface area contributed by atoms with E-state index in [0.29, 0.717) is 0 Å².